The molecule has 2 atom stereocenters. The van der Waals surface area contributed by atoms with E-state index in [0.717, 1.165) is 38.6 Å². The Morgan fingerprint density at radius 3 is 2.15 bits per heavy atom. The second-order valence-electron chi connectivity index (χ2n) is 8.68. The summed E-state index contributed by atoms with van der Waals surface area (Å²) in [6.07, 6.45) is 7.80. The van der Waals surface area contributed by atoms with Gasteiger partial charge in [-0.3, -0.25) is 9.69 Å². The molecule has 1 aromatic rings. The number of anilines is 1. The fourth-order valence-corrected chi connectivity index (χ4v) is 5.04. The Hall–Kier alpha value is -1.55. The number of amides is 1. The summed E-state index contributed by atoms with van der Waals surface area (Å²) < 4.78 is 0. The first-order chi connectivity index (χ1) is 12.8. The number of hydrogen-bond acceptors (Lipinski definition) is 3. The Kier molecular flexibility index (Phi) is 4.39. The van der Waals surface area contributed by atoms with Gasteiger partial charge in [-0.25, -0.2) is 0 Å². The van der Waals surface area contributed by atoms with Crippen molar-refractivity contribution in [2.75, 3.05) is 44.2 Å². The van der Waals surface area contributed by atoms with E-state index in [1.807, 2.05) is 0 Å². The standard InChI is InChI=1S/C22H31N3O/c26-22(25-14-12-24(13-15-25)18-4-3-5-18)21-16-20(21)17-6-8-19(9-7-17)23-10-1-2-11-23/h6-9,18,20-21H,1-5,10-16H2. The molecule has 2 aliphatic carbocycles. The van der Waals surface area contributed by atoms with Crippen LogP contribution in [0.25, 0.3) is 0 Å². The van der Waals surface area contributed by atoms with Crippen molar-refractivity contribution in [1.29, 1.82) is 0 Å². The van der Waals surface area contributed by atoms with Gasteiger partial charge in [0.05, 0.1) is 0 Å². The Morgan fingerprint density at radius 2 is 1.54 bits per heavy atom. The second-order valence-corrected chi connectivity index (χ2v) is 8.68. The third-order valence-electron chi connectivity index (χ3n) is 7.12. The van der Waals surface area contributed by atoms with Crippen LogP contribution in [0, 0.1) is 5.92 Å². The third-order valence-corrected chi connectivity index (χ3v) is 7.12. The van der Waals surface area contributed by atoms with Gasteiger partial charge in [-0.1, -0.05) is 18.6 Å². The van der Waals surface area contributed by atoms with Crippen LogP contribution in [0.5, 0.6) is 0 Å². The second kappa shape index (κ2) is 6.88. The maximum Gasteiger partial charge on any atom is 0.226 e. The molecule has 0 bridgehead atoms. The van der Waals surface area contributed by atoms with E-state index in [2.05, 4.69) is 39.0 Å². The minimum Gasteiger partial charge on any atom is -0.372 e. The molecule has 4 aliphatic rings. The number of piperazine rings is 1. The van der Waals surface area contributed by atoms with Gasteiger partial charge < -0.3 is 9.80 Å². The maximum atomic E-state index is 12.9. The van der Waals surface area contributed by atoms with Crippen LogP contribution in [0.1, 0.15) is 50.0 Å². The minimum absolute atomic E-state index is 0.239. The topological polar surface area (TPSA) is 26.8 Å². The van der Waals surface area contributed by atoms with Crippen LogP contribution < -0.4 is 4.90 Å². The Balaban J connectivity index is 1.15. The van der Waals surface area contributed by atoms with Crippen molar-refractivity contribution in [3.63, 3.8) is 0 Å². The maximum absolute atomic E-state index is 12.9. The number of carbonyl (C=O) groups is 1. The first-order valence-corrected chi connectivity index (χ1v) is 10.7. The van der Waals surface area contributed by atoms with Crippen molar-refractivity contribution in [3.8, 4) is 0 Å². The zero-order chi connectivity index (χ0) is 17.5. The van der Waals surface area contributed by atoms with Gasteiger partial charge in [0.1, 0.15) is 0 Å². The van der Waals surface area contributed by atoms with Crippen LogP contribution in [0.15, 0.2) is 24.3 Å². The molecule has 140 valence electrons. The lowest BCUT2D eigenvalue weighted by Gasteiger charge is -2.43. The molecule has 2 saturated carbocycles. The molecular formula is C22H31N3O. The van der Waals surface area contributed by atoms with Gasteiger partial charge in [0.25, 0.3) is 0 Å². The summed E-state index contributed by atoms with van der Waals surface area (Å²) in [7, 11) is 0. The molecule has 26 heavy (non-hydrogen) atoms. The number of nitrogens with zero attached hydrogens (tertiary/aromatic N) is 3. The predicted octanol–water partition coefficient (Wildman–Crippen LogP) is 3.09. The van der Waals surface area contributed by atoms with Gasteiger partial charge in [0.2, 0.25) is 5.91 Å². The van der Waals surface area contributed by atoms with Crippen molar-refractivity contribution < 1.29 is 4.79 Å². The summed E-state index contributed by atoms with van der Waals surface area (Å²) in [5.41, 5.74) is 2.71. The summed E-state index contributed by atoms with van der Waals surface area (Å²) in [4.78, 5) is 20.1. The lowest BCUT2D eigenvalue weighted by Crippen LogP contribution is -2.53. The molecule has 2 unspecified atom stereocenters. The molecule has 0 aromatic heterocycles. The highest BCUT2D eigenvalue weighted by atomic mass is 16.2. The molecular weight excluding hydrogens is 322 g/mol. The van der Waals surface area contributed by atoms with E-state index < -0.39 is 0 Å². The van der Waals surface area contributed by atoms with Crippen LogP contribution in [-0.4, -0.2) is 61.0 Å². The van der Waals surface area contributed by atoms with Gasteiger partial charge >= 0.3 is 0 Å². The smallest absolute Gasteiger partial charge is 0.226 e. The Morgan fingerprint density at radius 1 is 0.846 bits per heavy atom. The monoisotopic (exact) mass is 353 g/mol. The molecule has 0 radical (unpaired) electrons. The van der Waals surface area contributed by atoms with E-state index in [1.165, 1.54) is 56.4 Å². The van der Waals surface area contributed by atoms with E-state index in [-0.39, 0.29) is 5.92 Å². The molecule has 0 N–H and O–H groups in total. The molecule has 2 heterocycles. The highest BCUT2D eigenvalue weighted by Gasteiger charge is 2.46. The molecule has 4 heteroatoms. The molecule has 4 nitrogen and oxygen atoms in total. The fraction of sp³-hybridized carbons (Fsp3) is 0.682. The van der Waals surface area contributed by atoms with Crippen molar-refractivity contribution in [1.82, 2.24) is 9.80 Å². The third kappa shape index (κ3) is 3.13. The van der Waals surface area contributed by atoms with Crippen molar-refractivity contribution in [3.05, 3.63) is 29.8 Å². The summed E-state index contributed by atoms with van der Waals surface area (Å²) in [5, 5.41) is 0. The molecule has 1 aromatic carbocycles. The van der Waals surface area contributed by atoms with E-state index in [9.17, 15) is 4.79 Å². The van der Waals surface area contributed by atoms with Gasteiger partial charge in [0, 0.05) is 56.9 Å². The highest BCUT2D eigenvalue weighted by molar-refractivity contribution is 5.83. The summed E-state index contributed by atoms with van der Waals surface area (Å²) in [5.74, 6) is 1.11. The molecule has 0 spiro atoms. The normalized spacial score (nSPS) is 29.7. The molecule has 1 amide bonds. The quantitative estimate of drug-likeness (QED) is 0.832. The van der Waals surface area contributed by atoms with Crippen LogP contribution >= 0.6 is 0 Å². The van der Waals surface area contributed by atoms with E-state index in [0.29, 0.717) is 11.8 Å². The lowest BCUT2D eigenvalue weighted by atomic mass is 9.91. The van der Waals surface area contributed by atoms with Crippen LogP contribution in [0.3, 0.4) is 0 Å². The number of rotatable bonds is 4. The van der Waals surface area contributed by atoms with Gasteiger partial charge in [0.15, 0.2) is 0 Å². The summed E-state index contributed by atoms with van der Waals surface area (Å²) in [6.45, 7) is 6.42. The highest BCUT2D eigenvalue weighted by Crippen LogP contribution is 2.49. The summed E-state index contributed by atoms with van der Waals surface area (Å²) >= 11 is 0. The van der Waals surface area contributed by atoms with Crippen LogP contribution in [0.2, 0.25) is 0 Å². The average Bonchev–Trinajstić information content (AvgIpc) is 3.25. The fourth-order valence-electron chi connectivity index (χ4n) is 5.04. The van der Waals surface area contributed by atoms with Crippen molar-refractivity contribution >= 4 is 11.6 Å². The molecule has 2 aliphatic heterocycles. The first kappa shape index (κ1) is 16.6. The Bertz CT molecular complexity index is 640. The number of carbonyl (C=O) groups excluding carboxylic acids is 1. The number of benzene rings is 1. The molecule has 5 rings (SSSR count). The van der Waals surface area contributed by atoms with E-state index in [4.69, 9.17) is 0 Å². The first-order valence-electron chi connectivity index (χ1n) is 10.7. The van der Waals surface area contributed by atoms with Gasteiger partial charge in [-0.2, -0.15) is 0 Å². The van der Waals surface area contributed by atoms with Gasteiger partial charge in [-0.05, 0) is 55.7 Å². The number of hydrogen-bond donors (Lipinski definition) is 0. The SMILES string of the molecule is O=C(C1CC1c1ccc(N2CCCC2)cc1)N1CCN(C2CCC2)CC1. The van der Waals surface area contributed by atoms with Crippen LogP contribution in [-0.2, 0) is 4.79 Å². The Labute approximate surface area is 157 Å². The molecule has 4 fully saturated rings. The average molecular weight is 354 g/mol. The largest absolute Gasteiger partial charge is 0.372 e. The molecule has 2 saturated heterocycles. The minimum atomic E-state index is 0.239. The van der Waals surface area contributed by atoms with Crippen LogP contribution in [0.4, 0.5) is 5.69 Å². The summed E-state index contributed by atoms with van der Waals surface area (Å²) in [6, 6.07) is 9.87. The van der Waals surface area contributed by atoms with Crippen molar-refractivity contribution in [2.45, 2.75) is 50.5 Å². The zero-order valence-electron chi connectivity index (χ0n) is 15.8. The van der Waals surface area contributed by atoms with Gasteiger partial charge in [-0.15, -0.1) is 0 Å². The van der Waals surface area contributed by atoms with E-state index in [1.54, 1.807) is 0 Å². The van der Waals surface area contributed by atoms with E-state index >= 15 is 0 Å². The zero-order valence-corrected chi connectivity index (χ0v) is 15.8. The predicted molar refractivity (Wildman–Crippen MR) is 105 cm³/mol. The lowest BCUT2D eigenvalue weighted by molar-refractivity contribution is -0.135. The van der Waals surface area contributed by atoms with Crippen molar-refractivity contribution in [2.24, 2.45) is 5.92 Å².